The van der Waals surface area contributed by atoms with Crippen molar-refractivity contribution in [2.75, 3.05) is 0 Å². The number of nitrogens with zero attached hydrogens (tertiary/aromatic N) is 4. The number of hydrogen-bond donors (Lipinski definition) is 0. The van der Waals surface area contributed by atoms with Crippen molar-refractivity contribution in [1.29, 1.82) is 0 Å². The molecule has 0 saturated heterocycles. The molecule has 0 aliphatic carbocycles. The van der Waals surface area contributed by atoms with Crippen LogP contribution < -0.4 is 5.15 Å². The summed E-state index contributed by atoms with van der Waals surface area (Å²) >= 11 is 0. The van der Waals surface area contributed by atoms with E-state index in [0.29, 0.717) is 22.4 Å². The lowest BCUT2D eigenvalue weighted by molar-refractivity contribution is -0.735. The highest BCUT2D eigenvalue weighted by atomic mass is 19.4. The molecule has 42 heavy (non-hydrogen) atoms. The lowest BCUT2D eigenvalue weighted by Crippen LogP contribution is -2.56. The fourth-order valence-corrected chi connectivity index (χ4v) is 6.69. The maximum atomic E-state index is 17.6. The molecule has 0 N–H and O–H groups in total. The van der Waals surface area contributed by atoms with Gasteiger partial charge in [0.25, 0.3) is 0 Å². The number of halogens is 2. The minimum atomic E-state index is -2.56. The standard InChI is InChI=1S/C36H22F2N4/c37-42(38)40-33(27-21-9-13-23-11-1-3-15-25(23)27)29-17-5-7-19-31(29)35(40)39-36-32-20-8-6-18-30(32)34(41(36)42)28-22-10-14-24-12-2-4-16-26(24)28/h1-22H/q+2. The van der Waals surface area contributed by atoms with E-state index in [-0.39, 0.29) is 11.7 Å². The average molecular weight is 549 g/mol. The predicted molar refractivity (Wildman–Crippen MR) is 165 cm³/mol. The summed E-state index contributed by atoms with van der Waals surface area (Å²) in [6.07, 6.45) is 0. The fraction of sp³-hybridized carbons (Fsp3) is 0. The van der Waals surface area contributed by atoms with Crippen molar-refractivity contribution >= 4 is 49.7 Å². The molecule has 0 amide bonds. The molecule has 2 aliphatic rings. The summed E-state index contributed by atoms with van der Waals surface area (Å²) < 4.78 is 37.3. The van der Waals surface area contributed by atoms with Crippen LogP contribution >= 0.6 is 0 Å². The Balaban J connectivity index is 1.45. The number of aromatic nitrogens is 1. The maximum Gasteiger partial charge on any atom is 0.394 e. The minimum absolute atomic E-state index is 0.235. The van der Waals surface area contributed by atoms with Crippen LogP contribution in [0.2, 0.25) is 0 Å². The molecule has 6 aromatic carbocycles. The molecular formula is C36H22F2N4+2. The van der Waals surface area contributed by atoms with Gasteiger partial charge < -0.3 is 0 Å². The Hall–Kier alpha value is -5.46. The summed E-state index contributed by atoms with van der Waals surface area (Å²) in [6, 6.07) is 42.6. The highest BCUT2D eigenvalue weighted by Crippen LogP contribution is 2.46. The van der Waals surface area contributed by atoms with Crippen molar-refractivity contribution in [2.45, 2.75) is 0 Å². The Morgan fingerprint density at radius 1 is 0.500 bits per heavy atom. The van der Waals surface area contributed by atoms with Crippen LogP contribution in [0.25, 0.3) is 43.6 Å². The van der Waals surface area contributed by atoms with Gasteiger partial charge in [-0.3, -0.25) is 0 Å². The monoisotopic (exact) mass is 548 g/mol. The van der Waals surface area contributed by atoms with Crippen LogP contribution in [0.3, 0.4) is 0 Å². The van der Waals surface area contributed by atoms with Crippen molar-refractivity contribution in [3.8, 4) is 11.3 Å². The fourth-order valence-electron chi connectivity index (χ4n) is 6.69. The normalized spacial score (nSPS) is 15.1. The van der Waals surface area contributed by atoms with Gasteiger partial charge in [-0.1, -0.05) is 109 Å². The van der Waals surface area contributed by atoms with Crippen LogP contribution in [0.15, 0.2) is 138 Å². The first-order valence-electron chi connectivity index (χ1n) is 13.9. The number of quaternary nitrogens is 1. The van der Waals surface area contributed by atoms with E-state index in [0.717, 1.165) is 53.0 Å². The molecule has 1 aromatic heterocycles. The molecule has 198 valence electrons. The van der Waals surface area contributed by atoms with Gasteiger partial charge in [0.15, 0.2) is 0 Å². The molecule has 2 aliphatic heterocycles. The van der Waals surface area contributed by atoms with E-state index >= 15 is 8.96 Å². The molecule has 0 spiro atoms. The molecular weight excluding hydrogens is 526 g/mol. The predicted octanol–water partition coefficient (Wildman–Crippen LogP) is 8.69. The average Bonchev–Trinajstić information content (AvgIpc) is 3.55. The smallest absolute Gasteiger partial charge is 0.0616 e. The second kappa shape index (κ2) is 8.28. The number of aliphatic imine (C=N–C) groups is 1. The van der Waals surface area contributed by atoms with Crippen LogP contribution in [0.5, 0.6) is 0 Å². The number of benzene rings is 6. The van der Waals surface area contributed by atoms with E-state index in [1.807, 2.05) is 133 Å². The maximum absolute atomic E-state index is 17.6. The van der Waals surface area contributed by atoms with Gasteiger partial charge in [0.2, 0.25) is 5.71 Å². The van der Waals surface area contributed by atoms with Crippen molar-refractivity contribution in [3.05, 3.63) is 150 Å². The van der Waals surface area contributed by atoms with Gasteiger partial charge in [0.05, 0.1) is 15.6 Å². The molecule has 0 unspecified atom stereocenters. The van der Waals surface area contributed by atoms with Crippen LogP contribution in [-0.4, -0.2) is 20.9 Å². The molecule has 3 heterocycles. The largest absolute Gasteiger partial charge is 0.394 e. The molecule has 7 aromatic rings. The summed E-state index contributed by atoms with van der Waals surface area (Å²) in [6.45, 7) is 0. The zero-order valence-corrected chi connectivity index (χ0v) is 22.2. The summed E-state index contributed by atoms with van der Waals surface area (Å²) in [7, 11) is 0. The van der Waals surface area contributed by atoms with Gasteiger partial charge in [0, 0.05) is 22.1 Å². The summed E-state index contributed by atoms with van der Waals surface area (Å²) in [4.78, 5) is 5.04. The summed E-state index contributed by atoms with van der Waals surface area (Å²) in [5.41, 5.74) is 3.73. The van der Waals surface area contributed by atoms with E-state index in [1.165, 1.54) is 0 Å². The SMILES string of the molecule is F[N+]1(F)n2c(c3ccccc3c2-c2cccc3ccccc23)N=C2c3ccccc3C(c3cccc4ccccc34)=[N+]21. The van der Waals surface area contributed by atoms with Crippen LogP contribution in [0.4, 0.5) is 14.8 Å². The molecule has 0 fully saturated rings. The van der Waals surface area contributed by atoms with Gasteiger partial charge in [-0.2, -0.15) is 0 Å². The van der Waals surface area contributed by atoms with Gasteiger partial charge in [-0.15, -0.1) is 0 Å². The highest BCUT2D eigenvalue weighted by Gasteiger charge is 2.61. The van der Waals surface area contributed by atoms with E-state index < -0.39 is 5.15 Å². The Labute approximate surface area is 239 Å². The second-order valence-corrected chi connectivity index (χ2v) is 10.7. The Kier molecular flexibility index (Phi) is 4.59. The molecule has 0 atom stereocenters. The zero-order valence-electron chi connectivity index (χ0n) is 22.2. The second-order valence-electron chi connectivity index (χ2n) is 10.7. The van der Waals surface area contributed by atoms with Crippen molar-refractivity contribution in [3.63, 3.8) is 0 Å². The van der Waals surface area contributed by atoms with Gasteiger partial charge in [-0.05, 0) is 55.5 Å². The van der Waals surface area contributed by atoms with Crippen molar-refractivity contribution < 1.29 is 13.6 Å². The van der Waals surface area contributed by atoms with Gasteiger partial charge >= 0.3 is 16.8 Å². The number of rotatable bonds is 2. The van der Waals surface area contributed by atoms with Crippen LogP contribution in [0, 0.1) is 0 Å². The summed E-state index contributed by atoms with van der Waals surface area (Å²) in [5.74, 6) is 0.470. The Morgan fingerprint density at radius 2 is 1.00 bits per heavy atom. The third kappa shape index (κ3) is 2.96. The highest BCUT2D eigenvalue weighted by molar-refractivity contribution is 6.26. The lowest BCUT2D eigenvalue weighted by Gasteiger charge is -2.19. The zero-order chi connectivity index (χ0) is 28.0. The quantitative estimate of drug-likeness (QED) is 0.152. The van der Waals surface area contributed by atoms with Crippen LogP contribution in [0.1, 0.15) is 16.7 Å². The van der Waals surface area contributed by atoms with E-state index in [4.69, 9.17) is 4.99 Å². The van der Waals surface area contributed by atoms with Crippen LogP contribution in [-0.2, 0) is 0 Å². The van der Waals surface area contributed by atoms with E-state index in [2.05, 4.69) is 0 Å². The van der Waals surface area contributed by atoms with Gasteiger partial charge in [-0.25, -0.2) is 0 Å². The molecule has 6 heteroatoms. The third-order valence-corrected chi connectivity index (χ3v) is 8.45. The molecule has 9 rings (SSSR count). The van der Waals surface area contributed by atoms with E-state index in [1.54, 1.807) is 0 Å². The first-order valence-corrected chi connectivity index (χ1v) is 13.9. The Bertz CT molecular complexity index is 2330. The van der Waals surface area contributed by atoms with E-state index in [9.17, 15) is 0 Å². The third-order valence-electron chi connectivity index (χ3n) is 8.45. The topological polar surface area (TPSA) is 20.3 Å². The van der Waals surface area contributed by atoms with Gasteiger partial charge in [0.1, 0.15) is 14.7 Å². The molecule has 4 nitrogen and oxygen atoms in total. The minimum Gasteiger partial charge on any atom is -0.0616 e. The number of fused-ring (bicyclic) bond motifs is 8. The Morgan fingerprint density at radius 3 is 1.71 bits per heavy atom. The molecule has 0 bridgehead atoms. The number of hydrogen-bond acceptors (Lipinski definition) is 1. The molecule has 0 radical (unpaired) electrons. The lowest BCUT2D eigenvalue weighted by atomic mass is 9.95. The van der Waals surface area contributed by atoms with Crippen molar-refractivity contribution in [2.24, 2.45) is 4.99 Å². The number of amidine groups is 1. The first kappa shape index (κ1) is 23.3. The van der Waals surface area contributed by atoms with Crippen molar-refractivity contribution in [1.82, 2.24) is 9.82 Å². The first-order chi connectivity index (χ1) is 20.6. The molecule has 0 saturated carbocycles. The summed E-state index contributed by atoms with van der Waals surface area (Å²) in [5, 5.41) is 2.64.